The first-order valence-electron chi connectivity index (χ1n) is 7.82. The largest absolute Gasteiger partial charge is 0.396 e. The zero-order chi connectivity index (χ0) is 14.1. The quantitative estimate of drug-likeness (QED) is 0.851. The molecule has 1 aliphatic heterocycles. The lowest BCUT2D eigenvalue weighted by molar-refractivity contribution is -0.199. The second-order valence-electron chi connectivity index (χ2n) is 7.22. The van der Waals surface area contributed by atoms with E-state index in [1.165, 1.54) is 12.8 Å². The van der Waals surface area contributed by atoms with E-state index in [9.17, 15) is 0 Å². The average molecular weight is 270 g/mol. The van der Waals surface area contributed by atoms with Gasteiger partial charge in [-0.25, -0.2) is 0 Å². The fraction of sp³-hybridized carbons (Fsp3) is 1.00. The van der Waals surface area contributed by atoms with Gasteiger partial charge in [0, 0.05) is 19.4 Å². The molecule has 1 saturated heterocycles. The molecule has 2 aliphatic rings. The Kier molecular flexibility index (Phi) is 4.59. The molecule has 0 bridgehead atoms. The van der Waals surface area contributed by atoms with E-state index in [2.05, 4.69) is 27.7 Å². The maximum atomic E-state index is 8.99. The Hall–Kier alpha value is -0.120. The molecule has 1 aliphatic carbocycles. The summed E-state index contributed by atoms with van der Waals surface area (Å²) < 4.78 is 12.0. The third-order valence-electron chi connectivity index (χ3n) is 5.65. The lowest BCUT2D eigenvalue weighted by Gasteiger charge is -2.44. The van der Waals surface area contributed by atoms with Crippen molar-refractivity contribution in [1.82, 2.24) is 0 Å². The Bertz CT molecular complexity index is 290. The molecule has 1 heterocycles. The molecule has 2 fully saturated rings. The van der Waals surface area contributed by atoms with Crippen LogP contribution in [0.25, 0.3) is 0 Å². The van der Waals surface area contributed by atoms with Gasteiger partial charge >= 0.3 is 0 Å². The van der Waals surface area contributed by atoms with Crippen molar-refractivity contribution < 1.29 is 14.6 Å². The van der Waals surface area contributed by atoms with E-state index in [1.807, 2.05) is 0 Å². The van der Waals surface area contributed by atoms with Crippen molar-refractivity contribution in [1.29, 1.82) is 0 Å². The highest BCUT2D eigenvalue weighted by Gasteiger charge is 2.46. The Morgan fingerprint density at radius 2 is 1.89 bits per heavy atom. The van der Waals surface area contributed by atoms with Crippen LogP contribution in [0.4, 0.5) is 0 Å². The molecule has 0 aromatic heterocycles. The molecule has 0 aromatic rings. The first-order chi connectivity index (χ1) is 8.89. The number of rotatable bonds is 4. The second kappa shape index (κ2) is 5.71. The van der Waals surface area contributed by atoms with Crippen LogP contribution in [0, 0.1) is 17.3 Å². The number of aliphatic hydroxyl groups is 1. The van der Waals surface area contributed by atoms with Gasteiger partial charge in [-0.1, -0.05) is 27.7 Å². The standard InChI is InChI=1S/C16H30O3/c1-12(2)15(3,4)13-5-8-16(9-6-13)18-11-14(19-16)7-10-17/h12-14,17H,5-11H2,1-4H3. The highest BCUT2D eigenvalue weighted by Crippen LogP contribution is 2.48. The lowest BCUT2D eigenvalue weighted by Crippen LogP contribution is -2.41. The van der Waals surface area contributed by atoms with Gasteiger partial charge in [0.1, 0.15) is 0 Å². The highest BCUT2D eigenvalue weighted by molar-refractivity contribution is 4.91. The molecule has 1 unspecified atom stereocenters. The first kappa shape index (κ1) is 15.3. The number of hydrogen-bond donors (Lipinski definition) is 1. The van der Waals surface area contributed by atoms with Gasteiger partial charge < -0.3 is 14.6 Å². The summed E-state index contributed by atoms with van der Waals surface area (Å²) in [5, 5.41) is 8.99. The van der Waals surface area contributed by atoms with E-state index >= 15 is 0 Å². The van der Waals surface area contributed by atoms with Gasteiger partial charge in [-0.15, -0.1) is 0 Å². The minimum Gasteiger partial charge on any atom is -0.396 e. The summed E-state index contributed by atoms with van der Waals surface area (Å²) in [6, 6.07) is 0. The molecule has 3 heteroatoms. The number of aliphatic hydroxyl groups excluding tert-OH is 1. The molecule has 1 saturated carbocycles. The third kappa shape index (κ3) is 3.14. The topological polar surface area (TPSA) is 38.7 Å². The molecule has 2 rings (SSSR count). The summed E-state index contributed by atoms with van der Waals surface area (Å²) in [7, 11) is 0. The maximum absolute atomic E-state index is 8.99. The van der Waals surface area contributed by atoms with Crippen molar-refractivity contribution in [2.45, 2.75) is 71.7 Å². The minimum absolute atomic E-state index is 0.0969. The van der Waals surface area contributed by atoms with Crippen LogP contribution in [0.15, 0.2) is 0 Å². The van der Waals surface area contributed by atoms with Crippen LogP contribution in [-0.2, 0) is 9.47 Å². The summed E-state index contributed by atoms with van der Waals surface area (Å²) >= 11 is 0. The number of ether oxygens (including phenoxy) is 2. The summed E-state index contributed by atoms with van der Waals surface area (Å²) in [4.78, 5) is 0. The lowest BCUT2D eigenvalue weighted by atomic mass is 9.64. The van der Waals surface area contributed by atoms with Crippen LogP contribution in [0.2, 0.25) is 0 Å². The molecular weight excluding hydrogens is 240 g/mol. The smallest absolute Gasteiger partial charge is 0.168 e. The van der Waals surface area contributed by atoms with Gasteiger partial charge in [0.05, 0.1) is 12.7 Å². The van der Waals surface area contributed by atoms with Gasteiger partial charge in [-0.05, 0) is 36.5 Å². The van der Waals surface area contributed by atoms with Gasteiger partial charge in [0.15, 0.2) is 5.79 Å². The Morgan fingerprint density at radius 1 is 1.26 bits per heavy atom. The predicted molar refractivity (Wildman–Crippen MR) is 75.8 cm³/mol. The molecule has 0 amide bonds. The molecular formula is C16H30O3. The van der Waals surface area contributed by atoms with E-state index in [-0.39, 0.29) is 18.5 Å². The zero-order valence-electron chi connectivity index (χ0n) is 12.9. The van der Waals surface area contributed by atoms with Crippen LogP contribution in [0.5, 0.6) is 0 Å². The van der Waals surface area contributed by atoms with Gasteiger partial charge in [0.2, 0.25) is 0 Å². The van der Waals surface area contributed by atoms with Crippen molar-refractivity contribution in [3.8, 4) is 0 Å². The number of hydrogen-bond acceptors (Lipinski definition) is 3. The summed E-state index contributed by atoms with van der Waals surface area (Å²) in [5.41, 5.74) is 0.394. The second-order valence-corrected chi connectivity index (χ2v) is 7.22. The molecule has 1 N–H and O–H groups in total. The summed E-state index contributed by atoms with van der Waals surface area (Å²) in [6.07, 6.45) is 5.20. The predicted octanol–water partition coefficient (Wildman–Crippen LogP) is 3.35. The SMILES string of the molecule is CC(C)C(C)(C)C1CCC2(CC1)OCC(CCO)O2. The van der Waals surface area contributed by atoms with Crippen LogP contribution in [0.1, 0.15) is 59.8 Å². The van der Waals surface area contributed by atoms with Crippen LogP contribution >= 0.6 is 0 Å². The van der Waals surface area contributed by atoms with E-state index in [1.54, 1.807) is 0 Å². The molecule has 19 heavy (non-hydrogen) atoms. The van der Waals surface area contributed by atoms with E-state index in [0.29, 0.717) is 24.4 Å². The van der Waals surface area contributed by atoms with Crippen LogP contribution in [0.3, 0.4) is 0 Å². The van der Waals surface area contributed by atoms with E-state index < -0.39 is 0 Å². The Morgan fingerprint density at radius 3 is 2.42 bits per heavy atom. The molecule has 0 aromatic carbocycles. The highest BCUT2D eigenvalue weighted by atomic mass is 16.7. The van der Waals surface area contributed by atoms with Gasteiger partial charge in [-0.3, -0.25) is 0 Å². The van der Waals surface area contributed by atoms with E-state index in [0.717, 1.165) is 18.8 Å². The van der Waals surface area contributed by atoms with Crippen LogP contribution < -0.4 is 0 Å². The minimum atomic E-state index is -0.330. The first-order valence-corrected chi connectivity index (χ1v) is 7.82. The molecule has 1 spiro atoms. The Labute approximate surface area is 117 Å². The fourth-order valence-electron chi connectivity index (χ4n) is 3.44. The molecule has 3 nitrogen and oxygen atoms in total. The van der Waals surface area contributed by atoms with Gasteiger partial charge in [-0.2, -0.15) is 0 Å². The third-order valence-corrected chi connectivity index (χ3v) is 5.65. The van der Waals surface area contributed by atoms with Crippen molar-refractivity contribution in [2.24, 2.45) is 17.3 Å². The average Bonchev–Trinajstić information content (AvgIpc) is 2.73. The van der Waals surface area contributed by atoms with Crippen molar-refractivity contribution >= 4 is 0 Å². The summed E-state index contributed by atoms with van der Waals surface area (Å²) in [6.45, 7) is 10.3. The zero-order valence-corrected chi connectivity index (χ0v) is 12.9. The molecule has 1 atom stereocenters. The summed E-state index contributed by atoms with van der Waals surface area (Å²) in [5.74, 6) is 1.14. The van der Waals surface area contributed by atoms with E-state index in [4.69, 9.17) is 14.6 Å². The molecule has 112 valence electrons. The van der Waals surface area contributed by atoms with Crippen molar-refractivity contribution in [2.75, 3.05) is 13.2 Å². The Balaban J connectivity index is 1.89. The molecule has 0 radical (unpaired) electrons. The fourth-order valence-corrected chi connectivity index (χ4v) is 3.44. The maximum Gasteiger partial charge on any atom is 0.168 e. The van der Waals surface area contributed by atoms with Crippen LogP contribution in [-0.4, -0.2) is 30.2 Å². The monoisotopic (exact) mass is 270 g/mol. The van der Waals surface area contributed by atoms with Gasteiger partial charge in [0.25, 0.3) is 0 Å². The normalized spacial score (nSPS) is 36.3. The van der Waals surface area contributed by atoms with Crippen molar-refractivity contribution in [3.63, 3.8) is 0 Å². The van der Waals surface area contributed by atoms with Crippen molar-refractivity contribution in [3.05, 3.63) is 0 Å².